The molecule has 0 aliphatic carbocycles. The van der Waals surface area contributed by atoms with Crippen LogP contribution < -0.4 is 5.32 Å². The van der Waals surface area contributed by atoms with E-state index in [9.17, 15) is 0 Å². The van der Waals surface area contributed by atoms with Crippen LogP contribution in [-0.2, 0) is 0 Å². The van der Waals surface area contributed by atoms with E-state index in [-0.39, 0.29) is 0 Å². The smallest absolute Gasteiger partial charge is 0.144 e. The molecule has 0 fully saturated rings. The normalized spacial score (nSPS) is 11.5. The van der Waals surface area contributed by atoms with Gasteiger partial charge >= 0.3 is 0 Å². The number of para-hydroxylation sites is 2. The maximum Gasteiger partial charge on any atom is 0.144 e. The van der Waals surface area contributed by atoms with Crippen molar-refractivity contribution in [2.75, 3.05) is 7.05 Å². The number of benzene rings is 3. The van der Waals surface area contributed by atoms with E-state index in [1.807, 2.05) is 25.2 Å². The molecule has 3 aromatic carbocycles. The molecule has 0 amide bonds. The van der Waals surface area contributed by atoms with Gasteiger partial charge in [0.25, 0.3) is 0 Å². The quantitative estimate of drug-likeness (QED) is 0.558. The van der Waals surface area contributed by atoms with Gasteiger partial charge in [-0.25, -0.2) is 0 Å². The molecule has 0 aromatic heterocycles. The molecule has 2 nitrogen and oxygen atoms in total. The molecule has 0 radical (unpaired) electrons. The van der Waals surface area contributed by atoms with E-state index in [0.717, 1.165) is 16.8 Å². The molecule has 0 atom stereocenters. The number of aryl methyl sites for hydroxylation is 1. The van der Waals surface area contributed by atoms with E-state index >= 15 is 0 Å². The number of quaternary nitrogens is 1. The van der Waals surface area contributed by atoms with Gasteiger partial charge in [0.15, 0.2) is 0 Å². The third-order valence-electron chi connectivity index (χ3n) is 3.99. The first kappa shape index (κ1) is 15.2. The Morgan fingerprint density at radius 2 is 1.35 bits per heavy atom. The van der Waals surface area contributed by atoms with E-state index < -0.39 is 0 Å². The number of aliphatic imine (C=N–C) groups is 1. The van der Waals surface area contributed by atoms with Gasteiger partial charge in [-0.05, 0) is 19.1 Å². The lowest BCUT2D eigenvalue weighted by Crippen LogP contribution is -2.72. The van der Waals surface area contributed by atoms with Crippen LogP contribution in [0, 0.1) is 6.92 Å². The minimum absolute atomic E-state index is 1.02. The summed E-state index contributed by atoms with van der Waals surface area (Å²) in [5, 5.41) is 2.23. The van der Waals surface area contributed by atoms with Crippen LogP contribution in [-0.4, -0.2) is 12.8 Å². The van der Waals surface area contributed by atoms with Gasteiger partial charge in [-0.2, -0.15) is 0 Å². The molecular weight excluding hydrogens is 280 g/mol. The SMILES string of the molecule is CN=C(c1ccccc1)c1ccccc1[NH2+]c1ccccc1C. The fraction of sp³-hybridized carbons (Fsp3) is 0.0952. The molecule has 0 saturated heterocycles. The summed E-state index contributed by atoms with van der Waals surface area (Å²) in [6, 6.07) is 27.2. The molecular formula is C21H21N2+. The second kappa shape index (κ2) is 7.03. The molecule has 2 heteroatoms. The molecule has 3 aromatic rings. The highest BCUT2D eigenvalue weighted by atomic mass is 14.9. The van der Waals surface area contributed by atoms with Gasteiger partial charge in [-0.15, -0.1) is 0 Å². The van der Waals surface area contributed by atoms with Gasteiger partial charge in [0, 0.05) is 24.2 Å². The van der Waals surface area contributed by atoms with E-state index in [1.54, 1.807) is 0 Å². The van der Waals surface area contributed by atoms with Crippen molar-refractivity contribution in [2.45, 2.75) is 6.92 Å². The standard InChI is InChI=1S/C21H20N2/c1-16-10-6-8-14-19(16)23-20-15-9-7-13-18(20)21(22-2)17-11-4-3-5-12-17/h3-15,23H,1-2H3/p+1. The van der Waals surface area contributed by atoms with Crippen LogP contribution in [0.15, 0.2) is 83.9 Å². The van der Waals surface area contributed by atoms with Gasteiger partial charge in [0.1, 0.15) is 11.4 Å². The van der Waals surface area contributed by atoms with Crippen molar-refractivity contribution in [1.82, 2.24) is 0 Å². The van der Waals surface area contributed by atoms with Crippen molar-refractivity contribution in [3.05, 3.63) is 95.6 Å². The highest BCUT2D eigenvalue weighted by Gasteiger charge is 2.14. The molecule has 0 unspecified atom stereocenters. The molecule has 0 saturated carbocycles. The minimum atomic E-state index is 1.02. The van der Waals surface area contributed by atoms with Crippen LogP contribution in [0.3, 0.4) is 0 Å². The van der Waals surface area contributed by atoms with Gasteiger partial charge in [0.2, 0.25) is 0 Å². The molecule has 0 aliphatic rings. The zero-order chi connectivity index (χ0) is 16.1. The van der Waals surface area contributed by atoms with Crippen LogP contribution in [0.4, 0.5) is 11.4 Å². The Balaban J connectivity index is 2.03. The van der Waals surface area contributed by atoms with Crippen LogP contribution >= 0.6 is 0 Å². The van der Waals surface area contributed by atoms with E-state index in [1.165, 1.54) is 16.9 Å². The van der Waals surface area contributed by atoms with Crippen molar-refractivity contribution in [2.24, 2.45) is 4.99 Å². The first-order chi connectivity index (χ1) is 11.3. The van der Waals surface area contributed by atoms with Crippen LogP contribution in [0.5, 0.6) is 0 Å². The largest absolute Gasteiger partial charge is 0.287 e. The molecule has 3 rings (SSSR count). The predicted octanol–water partition coefficient (Wildman–Crippen LogP) is 3.99. The molecule has 0 bridgehead atoms. The lowest BCUT2D eigenvalue weighted by Gasteiger charge is -2.11. The van der Waals surface area contributed by atoms with Crippen molar-refractivity contribution in [3.8, 4) is 0 Å². The fourth-order valence-corrected chi connectivity index (χ4v) is 2.76. The number of nitrogens with zero attached hydrogens (tertiary/aromatic N) is 1. The minimum Gasteiger partial charge on any atom is -0.287 e. The average molecular weight is 301 g/mol. The van der Waals surface area contributed by atoms with Gasteiger partial charge in [0.05, 0.1) is 11.3 Å². The summed E-state index contributed by atoms with van der Waals surface area (Å²) in [5.41, 5.74) is 7.02. The molecule has 23 heavy (non-hydrogen) atoms. The highest BCUT2D eigenvalue weighted by Crippen LogP contribution is 2.18. The van der Waals surface area contributed by atoms with Crippen LogP contribution in [0.1, 0.15) is 16.7 Å². The van der Waals surface area contributed by atoms with Gasteiger partial charge in [-0.3, -0.25) is 10.3 Å². The Hall–Kier alpha value is -2.71. The van der Waals surface area contributed by atoms with Crippen molar-refractivity contribution in [3.63, 3.8) is 0 Å². The Bertz CT molecular complexity index is 820. The number of hydrogen-bond donors (Lipinski definition) is 1. The molecule has 2 N–H and O–H groups in total. The lowest BCUT2D eigenvalue weighted by molar-refractivity contribution is -0.479. The summed E-state index contributed by atoms with van der Waals surface area (Å²) in [5.74, 6) is 0. The zero-order valence-corrected chi connectivity index (χ0v) is 13.5. The predicted molar refractivity (Wildman–Crippen MR) is 96.9 cm³/mol. The van der Waals surface area contributed by atoms with E-state index in [2.05, 4.69) is 77.9 Å². The van der Waals surface area contributed by atoms with Crippen molar-refractivity contribution >= 4 is 17.1 Å². The third-order valence-corrected chi connectivity index (χ3v) is 3.99. The van der Waals surface area contributed by atoms with Gasteiger partial charge in [-0.1, -0.05) is 60.7 Å². The van der Waals surface area contributed by atoms with E-state index in [0.29, 0.717) is 0 Å². The summed E-state index contributed by atoms with van der Waals surface area (Å²) in [7, 11) is 1.85. The second-order valence-corrected chi connectivity index (χ2v) is 5.53. The van der Waals surface area contributed by atoms with Gasteiger partial charge < -0.3 is 0 Å². The highest BCUT2D eigenvalue weighted by molar-refractivity contribution is 6.15. The lowest BCUT2D eigenvalue weighted by atomic mass is 10.00. The summed E-state index contributed by atoms with van der Waals surface area (Å²) in [6.07, 6.45) is 0. The van der Waals surface area contributed by atoms with Crippen LogP contribution in [0.2, 0.25) is 0 Å². The maximum atomic E-state index is 4.55. The molecule has 114 valence electrons. The fourth-order valence-electron chi connectivity index (χ4n) is 2.76. The second-order valence-electron chi connectivity index (χ2n) is 5.53. The van der Waals surface area contributed by atoms with E-state index in [4.69, 9.17) is 0 Å². The first-order valence-electron chi connectivity index (χ1n) is 7.81. The summed E-state index contributed by atoms with van der Waals surface area (Å²) >= 11 is 0. The monoisotopic (exact) mass is 301 g/mol. The number of rotatable bonds is 4. The Morgan fingerprint density at radius 1 is 0.739 bits per heavy atom. The van der Waals surface area contributed by atoms with Crippen molar-refractivity contribution in [1.29, 1.82) is 0 Å². The van der Waals surface area contributed by atoms with Crippen LogP contribution in [0.25, 0.3) is 0 Å². The average Bonchev–Trinajstić information content (AvgIpc) is 2.60. The summed E-state index contributed by atoms with van der Waals surface area (Å²) in [6.45, 7) is 2.14. The Labute approximate surface area is 137 Å². The molecule has 0 aliphatic heterocycles. The Morgan fingerprint density at radius 3 is 2.04 bits per heavy atom. The number of hydrogen-bond acceptors (Lipinski definition) is 1. The maximum absolute atomic E-state index is 4.55. The molecule has 0 heterocycles. The summed E-state index contributed by atoms with van der Waals surface area (Å²) < 4.78 is 0. The summed E-state index contributed by atoms with van der Waals surface area (Å²) in [4.78, 5) is 4.55. The molecule has 0 spiro atoms. The number of nitrogens with two attached hydrogens (primary N) is 1. The van der Waals surface area contributed by atoms with Crippen molar-refractivity contribution < 1.29 is 5.32 Å². The third kappa shape index (κ3) is 3.38. The first-order valence-corrected chi connectivity index (χ1v) is 7.81. The topological polar surface area (TPSA) is 29.0 Å². The zero-order valence-electron chi connectivity index (χ0n) is 13.5. The Kier molecular flexibility index (Phi) is 4.65.